The second kappa shape index (κ2) is 10.1. The summed E-state index contributed by atoms with van der Waals surface area (Å²) in [4.78, 5) is 35.9. The second-order valence-electron chi connectivity index (χ2n) is 6.30. The molecule has 0 saturated carbocycles. The van der Waals surface area contributed by atoms with Crippen LogP contribution in [0.25, 0.3) is 0 Å². The van der Waals surface area contributed by atoms with Crippen LogP contribution in [-0.2, 0) is 9.53 Å². The van der Waals surface area contributed by atoms with E-state index in [1.807, 2.05) is 6.07 Å². The zero-order valence-electron chi connectivity index (χ0n) is 16.0. The Morgan fingerprint density at radius 1 is 1.07 bits per heavy atom. The van der Waals surface area contributed by atoms with Crippen molar-refractivity contribution in [2.75, 3.05) is 17.2 Å². The molecule has 2 aromatic carbocycles. The molecule has 0 fully saturated rings. The Morgan fingerprint density at radius 2 is 1.75 bits per heavy atom. The van der Waals surface area contributed by atoms with Gasteiger partial charge in [-0.25, -0.2) is 4.79 Å². The van der Waals surface area contributed by atoms with E-state index in [9.17, 15) is 14.4 Å². The highest BCUT2D eigenvalue weighted by molar-refractivity contribution is 6.00. The Bertz CT molecular complexity index is 834. The normalized spacial score (nSPS) is 11.4. The Kier molecular flexibility index (Phi) is 7.56. The number of ether oxygens (including phenoxy) is 1. The average molecular weight is 383 g/mol. The van der Waals surface area contributed by atoms with Gasteiger partial charge in [0.05, 0.1) is 5.56 Å². The van der Waals surface area contributed by atoms with Crippen LogP contribution in [0.2, 0.25) is 0 Å². The number of anilines is 2. The van der Waals surface area contributed by atoms with E-state index in [0.717, 1.165) is 19.4 Å². The standard InChI is InChI=1S/C21H25N3O4/c1-3-4-13-23-18-8-6-5-7-17(18)21(27)28-14(2)20(26)24-16-11-9-15(10-12-16)19(22)25/h5-12,14,23H,3-4,13H2,1-2H3,(H2,22,25)(H,24,26)/t14-/m0/s1. The third-order valence-corrected chi connectivity index (χ3v) is 4.08. The lowest BCUT2D eigenvalue weighted by atomic mass is 10.1. The molecule has 4 N–H and O–H groups in total. The number of amides is 2. The molecule has 0 radical (unpaired) electrons. The summed E-state index contributed by atoms with van der Waals surface area (Å²) in [5.41, 5.74) is 7.05. The van der Waals surface area contributed by atoms with Crippen molar-refractivity contribution in [2.45, 2.75) is 32.8 Å². The van der Waals surface area contributed by atoms with Gasteiger partial charge in [0.15, 0.2) is 6.10 Å². The third kappa shape index (κ3) is 5.84. The molecule has 0 unspecified atom stereocenters. The molecule has 7 heteroatoms. The molecule has 0 aliphatic carbocycles. The molecular formula is C21H25N3O4. The van der Waals surface area contributed by atoms with Crippen molar-refractivity contribution in [3.8, 4) is 0 Å². The summed E-state index contributed by atoms with van der Waals surface area (Å²) in [5, 5.41) is 5.85. The summed E-state index contributed by atoms with van der Waals surface area (Å²) in [6.45, 7) is 4.33. The number of hydrogen-bond donors (Lipinski definition) is 3. The number of esters is 1. The topological polar surface area (TPSA) is 111 Å². The smallest absolute Gasteiger partial charge is 0.341 e. The van der Waals surface area contributed by atoms with Crippen LogP contribution in [0.15, 0.2) is 48.5 Å². The molecule has 148 valence electrons. The van der Waals surface area contributed by atoms with Gasteiger partial charge in [-0.15, -0.1) is 0 Å². The maximum absolute atomic E-state index is 12.5. The SMILES string of the molecule is CCCCNc1ccccc1C(=O)O[C@@H](C)C(=O)Nc1ccc(C(N)=O)cc1. The first-order valence-corrected chi connectivity index (χ1v) is 9.17. The van der Waals surface area contributed by atoms with E-state index >= 15 is 0 Å². The number of carbonyl (C=O) groups is 3. The summed E-state index contributed by atoms with van der Waals surface area (Å²) < 4.78 is 5.31. The van der Waals surface area contributed by atoms with Gasteiger partial charge in [-0.3, -0.25) is 9.59 Å². The van der Waals surface area contributed by atoms with Gasteiger partial charge in [-0.1, -0.05) is 25.5 Å². The zero-order chi connectivity index (χ0) is 20.5. The Balaban J connectivity index is 1.98. The largest absolute Gasteiger partial charge is 0.449 e. The lowest BCUT2D eigenvalue weighted by molar-refractivity contribution is -0.123. The number of hydrogen-bond acceptors (Lipinski definition) is 5. The van der Waals surface area contributed by atoms with Gasteiger partial charge >= 0.3 is 5.97 Å². The number of primary amides is 1. The van der Waals surface area contributed by atoms with Crippen molar-refractivity contribution < 1.29 is 19.1 Å². The lowest BCUT2D eigenvalue weighted by Gasteiger charge is -2.16. The van der Waals surface area contributed by atoms with Crippen LogP contribution in [0.3, 0.4) is 0 Å². The molecule has 0 heterocycles. The molecule has 0 saturated heterocycles. The highest BCUT2D eigenvalue weighted by Gasteiger charge is 2.21. The van der Waals surface area contributed by atoms with Gasteiger partial charge in [0.1, 0.15) is 0 Å². The fourth-order valence-corrected chi connectivity index (χ4v) is 2.45. The molecule has 2 amide bonds. The van der Waals surface area contributed by atoms with Crippen molar-refractivity contribution in [3.63, 3.8) is 0 Å². The predicted octanol–water partition coefficient (Wildman–Crippen LogP) is 3.18. The number of nitrogens with two attached hydrogens (primary N) is 1. The minimum Gasteiger partial charge on any atom is -0.449 e. The lowest BCUT2D eigenvalue weighted by Crippen LogP contribution is -2.30. The van der Waals surface area contributed by atoms with Gasteiger partial charge < -0.3 is 21.1 Å². The first-order chi connectivity index (χ1) is 13.4. The molecule has 0 spiro atoms. The van der Waals surface area contributed by atoms with E-state index in [4.69, 9.17) is 10.5 Å². The average Bonchev–Trinajstić information content (AvgIpc) is 2.68. The van der Waals surface area contributed by atoms with Crippen LogP contribution in [0.5, 0.6) is 0 Å². The minimum absolute atomic E-state index is 0.338. The Morgan fingerprint density at radius 3 is 2.39 bits per heavy atom. The highest BCUT2D eigenvalue weighted by atomic mass is 16.5. The maximum Gasteiger partial charge on any atom is 0.341 e. The van der Waals surface area contributed by atoms with Crippen LogP contribution in [-0.4, -0.2) is 30.4 Å². The van der Waals surface area contributed by atoms with Gasteiger partial charge in [0, 0.05) is 23.5 Å². The molecule has 7 nitrogen and oxygen atoms in total. The van der Waals surface area contributed by atoms with E-state index in [2.05, 4.69) is 17.6 Å². The summed E-state index contributed by atoms with van der Waals surface area (Å²) in [6, 6.07) is 13.2. The van der Waals surface area contributed by atoms with E-state index in [1.54, 1.807) is 30.3 Å². The van der Waals surface area contributed by atoms with Crippen molar-refractivity contribution in [1.82, 2.24) is 0 Å². The van der Waals surface area contributed by atoms with Crippen molar-refractivity contribution >= 4 is 29.2 Å². The van der Waals surface area contributed by atoms with Gasteiger partial charge in [0.25, 0.3) is 5.91 Å². The van der Waals surface area contributed by atoms with Crippen molar-refractivity contribution in [3.05, 3.63) is 59.7 Å². The zero-order valence-corrected chi connectivity index (χ0v) is 16.0. The second-order valence-corrected chi connectivity index (χ2v) is 6.30. The molecule has 0 aliphatic heterocycles. The van der Waals surface area contributed by atoms with Gasteiger partial charge in [-0.05, 0) is 49.7 Å². The van der Waals surface area contributed by atoms with Crippen LogP contribution in [0.1, 0.15) is 47.4 Å². The van der Waals surface area contributed by atoms with E-state index in [1.165, 1.54) is 19.1 Å². The first kappa shape index (κ1) is 21.0. The first-order valence-electron chi connectivity index (χ1n) is 9.17. The molecule has 0 aromatic heterocycles. The van der Waals surface area contributed by atoms with E-state index in [-0.39, 0.29) is 0 Å². The summed E-state index contributed by atoms with van der Waals surface area (Å²) in [7, 11) is 0. The van der Waals surface area contributed by atoms with Crippen molar-refractivity contribution in [2.24, 2.45) is 5.73 Å². The number of para-hydroxylation sites is 1. The van der Waals surface area contributed by atoms with Gasteiger partial charge in [0.2, 0.25) is 5.91 Å². The predicted molar refractivity (Wildman–Crippen MR) is 108 cm³/mol. The van der Waals surface area contributed by atoms with Crippen LogP contribution in [0.4, 0.5) is 11.4 Å². The Labute approximate surface area is 164 Å². The monoisotopic (exact) mass is 383 g/mol. The highest BCUT2D eigenvalue weighted by Crippen LogP contribution is 2.18. The number of carbonyl (C=O) groups excluding carboxylic acids is 3. The molecule has 1 atom stereocenters. The van der Waals surface area contributed by atoms with Crippen molar-refractivity contribution in [1.29, 1.82) is 0 Å². The fourth-order valence-electron chi connectivity index (χ4n) is 2.45. The molecule has 2 rings (SSSR count). The Hall–Kier alpha value is -3.35. The van der Waals surface area contributed by atoms with Crippen LogP contribution in [0, 0.1) is 0 Å². The number of unbranched alkanes of at least 4 members (excludes halogenated alkanes) is 1. The van der Waals surface area contributed by atoms with E-state index in [0.29, 0.717) is 22.5 Å². The molecule has 2 aromatic rings. The van der Waals surface area contributed by atoms with Gasteiger partial charge in [-0.2, -0.15) is 0 Å². The number of rotatable bonds is 9. The molecule has 0 bridgehead atoms. The fraction of sp³-hybridized carbons (Fsp3) is 0.286. The van der Waals surface area contributed by atoms with E-state index < -0.39 is 23.9 Å². The van der Waals surface area contributed by atoms with Crippen LogP contribution < -0.4 is 16.4 Å². The number of nitrogens with one attached hydrogen (secondary N) is 2. The maximum atomic E-state index is 12.5. The van der Waals surface area contributed by atoms with Crippen LogP contribution >= 0.6 is 0 Å². The molecule has 0 aliphatic rings. The third-order valence-electron chi connectivity index (χ3n) is 4.08. The molecule has 28 heavy (non-hydrogen) atoms. The molecular weight excluding hydrogens is 358 g/mol. The number of benzene rings is 2. The summed E-state index contributed by atoms with van der Waals surface area (Å²) in [5.74, 6) is -1.60. The summed E-state index contributed by atoms with van der Waals surface area (Å²) in [6.07, 6.45) is 1.03. The quantitative estimate of drug-likeness (QED) is 0.455. The summed E-state index contributed by atoms with van der Waals surface area (Å²) >= 11 is 0. The minimum atomic E-state index is -0.994.